The molecule has 0 saturated carbocycles. The van der Waals surface area contributed by atoms with Crippen molar-refractivity contribution in [3.63, 3.8) is 0 Å². The third-order valence-corrected chi connectivity index (χ3v) is 5.56. The Hall–Kier alpha value is -3.93. The van der Waals surface area contributed by atoms with Gasteiger partial charge in [0.1, 0.15) is 11.5 Å². The number of carboxylic acids is 1. The summed E-state index contributed by atoms with van der Waals surface area (Å²) < 4.78 is 23.1. The van der Waals surface area contributed by atoms with Crippen molar-refractivity contribution >= 4 is 40.3 Å². The summed E-state index contributed by atoms with van der Waals surface area (Å²) in [5, 5.41) is 22.4. The van der Waals surface area contributed by atoms with Gasteiger partial charge in [0.15, 0.2) is 23.7 Å². The van der Waals surface area contributed by atoms with E-state index in [9.17, 15) is 19.8 Å². The molecule has 3 aromatic rings. The summed E-state index contributed by atoms with van der Waals surface area (Å²) in [6.07, 6.45) is -0.982. The predicted octanol–water partition coefficient (Wildman–Crippen LogP) is 5.10. The minimum Gasteiger partial charge on any atom is -0.508 e. The number of aliphatic carboxylic acids is 1. The highest BCUT2D eigenvalue weighted by Crippen LogP contribution is 2.36. The van der Waals surface area contributed by atoms with E-state index in [-0.39, 0.29) is 18.1 Å². The van der Waals surface area contributed by atoms with Gasteiger partial charge < -0.3 is 29.2 Å². The van der Waals surface area contributed by atoms with Crippen LogP contribution in [0.4, 0.5) is 10.5 Å². The number of nitrogens with one attached hydrogen (secondary N) is 1. The fraction of sp³-hybridized carbons (Fsp3) is 0.120. The van der Waals surface area contributed by atoms with E-state index in [0.29, 0.717) is 22.9 Å². The fourth-order valence-electron chi connectivity index (χ4n) is 3.33. The van der Waals surface area contributed by atoms with Crippen LogP contribution in [0.1, 0.15) is 11.7 Å². The second-order valence-electron chi connectivity index (χ2n) is 7.31. The lowest BCUT2D eigenvalue weighted by atomic mass is 10.0. The third kappa shape index (κ3) is 6.35. The summed E-state index contributed by atoms with van der Waals surface area (Å²) >= 11 is 2.06. The van der Waals surface area contributed by atoms with Crippen LogP contribution in [0.3, 0.4) is 0 Å². The van der Waals surface area contributed by atoms with Crippen molar-refractivity contribution in [3.05, 3.63) is 88.0 Å². The zero-order chi connectivity index (χ0) is 24.8. The van der Waals surface area contributed by atoms with E-state index < -0.39 is 24.3 Å². The number of hydrogen-bond acceptors (Lipinski definition) is 7. The quantitative estimate of drug-likeness (QED) is 0.245. The van der Waals surface area contributed by atoms with Gasteiger partial charge in [-0.1, -0.05) is 18.2 Å². The highest BCUT2D eigenvalue weighted by atomic mass is 127. The number of halogens is 1. The lowest BCUT2D eigenvalue weighted by molar-refractivity contribution is -0.131. The topological polar surface area (TPSA) is 124 Å². The molecule has 9 nitrogen and oxygen atoms in total. The van der Waals surface area contributed by atoms with Gasteiger partial charge in [0.25, 0.3) is 0 Å². The number of carbonyl (C=O) groups is 2. The largest absolute Gasteiger partial charge is 0.508 e. The summed E-state index contributed by atoms with van der Waals surface area (Å²) in [6, 6.07) is 18.3. The molecule has 0 saturated heterocycles. The Bertz CT molecular complexity index is 1250. The van der Waals surface area contributed by atoms with Gasteiger partial charge in [-0.2, -0.15) is 0 Å². The molecule has 3 N–H and O–H groups in total. The number of fused-ring (bicyclic) bond motifs is 1. The highest BCUT2D eigenvalue weighted by molar-refractivity contribution is 14.1. The fourth-order valence-corrected chi connectivity index (χ4v) is 3.85. The van der Waals surface area contributed by atoms with Crippen molar-refractivity contribution in [2.75, 3.05) is 12.1 Å². The molecule has 0 aliphatic carbocycles. The molecule has 0 unspecified atom stereocenters. The summed E-state index contributed by atoms with van der Waals surface area (Å²) in [4.78, 5) is 24.2. The molecule has 180 valence electrons. The van der Waals surface area contributed by atoms with Gasteiger partial charge in [0.2, 0.25) is 6.79 Å². The first-order valence-corrected chi connectivity index (χ1v) is 11.5. The van der Waals surface area contributed by atoms with Crippen LogP contribution in [0.15, 0.2) is 78.9 Å². The Morgan fingerprint density at radius 2 is 1.80 bits per heavy atom. The summed E-state index contributed by atoms with van der Waals surface area (Å²) in [5.74, 6) is 0.103. The van der Waals surface area contributed by atoms with Crippen LogP contribution in [0.5, 0.6) is 23.0 Å². The SMILES string of the molecule is O=C(O)/C=C/[C@H](Oc1ccccc1)[C@@H](OC(=O)Nc1ccc2c(c1)OCO2)c1cc(I)ccc1O. The van der Waals surface area contributed by atoms with E-state index in [4.69, 9.17) is 18.9 Å². The first kappa shape index (κ1) is 24.2. The molecule has 1 aliphatic heterocycles. The van der Waals surface area contributed by atoms with Crippen molar-refractivity contribution in [2.24, 2.45) is 0 Å². The van der Waals surface area contributed by atoms with Crippen molar-refractivity contribution in [1.82, 2.24) is 0 Å². The van der Waals surface area contributed by atoms with Gasteiger partial charge in [0, 0.05) is 27.0 Å². The average Bonchev–Trinajstić information content (AvgIpc) is 3.30. The molecule has 2 atom stereocenters. The number of aromatic hydroxyl groups is 1. The van der Waals surface area contributed by atoms with Gasteiger partial charge >= 0.3 is 12.1 Å². The van der Waals surface area contributed by atoms with Crippen LogP contribution in [0.2, 0.25) is 0 Å². The Labute approximate surface area is 214 Å². The monoisotopic (exact) mass is 589 g/mol. The molecular weight excluding hydrogens is 569 g/mol. The molecular formula is C25H20INO8. The van der Waals surface area contributed by atoms with E-state index in [1.165, 1.54) is 12.1 Å². The maximum atomic E-state index is 12.9. The van der Waals surface area contributed by atoms with Crippen LogP contribution in [-0.2, 0) is 9.53 Å². The Kier molecular flexibility index (Phi) is 7.60. The molecule has 0 fully saturated rings. The number of rotatable bonds is 8. The summed E-state index contributed by atoms with van der Waals surface area (Å²) in [7, 11) is 0. The Morgan fingerprint density at radius 3 is 2.57 bits per heavy atom. The first-order chi connectivity index (χ1) is 16.9. The van der Waals surface area contributed by atoms with E-state index in [0.717, 1.165) is 9.65 Å². The second-order valence-corrected chi connectivity index (χ2v) is 8.56. The lowest BCUT2D eigenvalue weighted by Crippen LogP contribution is -2.30. The van der Waals surface area contributed by atoms with Crippen molar-refractivity contribution in [3.8, 4) is 23.0 Å². The van der Waals surface area contributed by atoms with Gasteiger partial charge in [-0.3, -0.25) is 5.32 Å². The van der Waals surface area contributed by atoms with E-state index >= 15 is 0 Å². The van der Waals surface area contributed by atoms with Crippen molar-refractivity contribution < 1.29 is 38.7 Å². The number of amides is 1. The second kappa shape index (κ2) is 11.0. The maximum Gasteiger partial charge on any atom is 0.412 e. The summed E-state index contributed by atoms with van der Waals surface area (Å²) in [5.41, 5.74) is 0.639. The molecule has 0 bridgehead atoms. The minimum absolute atomic E-state index is 0.0889. The standard InChI is InChI=1S/C25H20INO8/c26-15-6-8-19(28)18(12-15)24(21(10-11-23(29)30)34-17-4-2-1-3-5-17)35-25(31)27-16-7-9-20-22(13-16)33-14-32-20/h1-13,21,24,28H,14H2,(H,27,31)(H,29,30)/b11-10+/t21-,24-/m0/s1. The number of ether oxygens (including phenoxy) is 4. The van der Waals surface area contributed by atoms with Crippen LogP contribution in [-0.4, -0.2) is 35.2 Å². The van der Waals surface area contributed by atoms with Crippen LogP contribution >= 0.6 is 22.6 Å². The molecule has 35 heavy (non-hydrogen) atoms. The predicted molar refractivity (Wildman–Crippen MR) is 134 cm³/mol. The van der Waals surface area contributed by atoms with Crippen molar-refractivity contribution in [2.45, 2.75) is 12.2 Å². The molecule has 4 rings (SSSR count). The first-order valence-electron chi connectivity index (χ1n) is 10.4. The average molecular weight is 589 g/mol. The lowest BCUT2D eigenvalue weighted by Gasteiger charge is -2.27. The van der Waals surface area contributed by atoms with Crippen LogP contribution in [0, 0.1) is 3.57 Å². The molecule has 0 aromatic heterocycles. The molecule has 1 heterocycles. The smallest absolute Gasteiger partial charge is 0.412 e. The Balaban J connectivity index is 1.65. The molecule has 0 radical (unpaired) electrons. The molecule has 1 aliphatic rings. The normalized spacial score (nSPS) is 13.7. The number of hydrogen-bond donors (Lipinski definition) is 3. The molecule has 1 amide bonds. The number of carbonyl (C=O) groups excluding carboxylic acids is 1. The number of phenolic OH excluding ortho intramolecular Hbond substituents is 1. The van der Waals surface area contributed by atoms with E-state index in [2.05, 4.69) is 27.9 Å². The van der Waals surface area contributed by atoms with E-state index in [1.807, 2.05) is 0 Å². The zero-order valence-corrected chi connectivity index (χ0v) is 20.2. The van der Waals surface area contributed by atoms with Crippen LogP contribution < -0.4 is 19.5 Å². The molecule has 3 aromatic carbocycles. The van der Waals surface area contributed by atoms with Gasteiger partial charge in [-0.15, -0.1) is 0 Å². The van der Waals surface area contributed by atoms with Gasteiger partial charge in [-0.05, 0) is 71.1 Å². The van der Waals surface area contributed by atoms with Crippen LogP contribution in [0.25, 0.3) is 0 Å². The molecule has 0 spiro atoms. The zero-order valence-electron chi connectivity index (χ0n) is 18.1. The van der Waals surface area contributed by atoms with Crippen molar-refractivity contribution in [1.29, 1.82) is 0 Å². The number of phenols is 1. The number of anilines is 1. The minimum atomic E-state index is -1.21. The number of benzene rings is 3. The maximum absolute atomic E-state index is 12.9. The van der Waals surface area contributed by atoms with E-state index in [1.54, 1.807) is 60.7 Å². The Morgan fingerprint density at radius 1 is 1.03 bits per heavy atom. The number of carboxylic acid groups (broad SMARTS) is 1. The molecule has 10 heteroatoms. The summed E-state index contributed by atoms with van der Waals surface area (Å²) in [6.45, 7) is 0.0889. The van der Waals surface area contributed by atoms with Gasteiger partial charge in [0.05, 0.1) is 0 Å². The van der Waals surface area contributed by atoms with Gasteiger partial charge in [-0.25, -0.2) is 9.59 Å². The highest BCUT2D eigenvalue weighted by Gasteiger charge is 2.30. The number of para-hydroxylation sites is 1. The third-order valence-electron chi connectivity index (χ3n) is 4.89.